The van der Waals surface area contributed by atoms with Gasteiger partial charge >= 0.3 is 5.97 Å². The highest BCUT2D eigenvalue weighted by molar-refractivity contribution is 5.66. The lowest BCUT2D eigenvalue weighted by atomic mass is 10.0. The largest absolute Gasteiger partial charge is 0.481 e. The summed E-state index contributed by atoms with van der Waals surface area (Å²) in [7, 11) is 0. The Morgan fingerprint density at radius 1 is 0.792 bits per heavy atom. The van der Waals surface area contributed by atoms with Gasteiger partial charge in [-0.1, -0.05) is 89.7 Å². The molecule has 0 amide bonds. The number of aliphatic hydroxyl groups excluding tert-OH is 1. The summed E-state index contributed by atoms with van der Waals surface area (Å²) in [4.78, 5) is 10.4. The molecule has 0 radical (unpaired) electrons. The summed E-state index contributed by atoms with van der Waals surface area (Å²) in [6.45, 7) is 2.12. The number of carbonyl (C=O) groups is 1. The molecule has 0 fully saturated rings. The molecule has 0 heterocycles. The van der Waals surface area contributed by atoms with Gasteiger partial charge in [-0.05, 0) is 25.7 Å². The van der Waals surface area contributed by atoms with Crippen molar-refractivity contribution in [3.8, 4) is 0 Å². The zero-order valence-corrected chi connectivity index (χ0v) is 15.8. The van der Waals surface area contributed by atoms with E-state index in [-0.39, 0.29) is 6.10 Å². The van der Waals surface area contributed by atoms with Crippen LogP contribution in [-0.4, -0.2) is 22.3 Å². The molecular weight excluding hydrogens is 300 g/mol. The van der Waals surface area contributed by atoms with Crippen LogP contribution in [0.1, 0.15) is 110 Å². The average Bonchev–Trinajstić information content (AvgIpc) is 2.55. The van der Waals surface area contributed by atoms with E-state index in [4.69, 9.17) is 5.11 Å². The number of hydrogen-bond acceptors (Lipinski definition) is 2. The Bertz CT molecular complexity index is 299. The molecular formula is C21H40O3. The molecule has 142 valence electrons. The van der Waals surface area contributed by atoms with Crippen molar-refractivity contribution < 1.29 is 15.0 Å². The maximum absolute atomic E-state index is 10.4. The Hall–Kier alpha value is -0.830. The van der Waals surface area contributed by atoms with Crippen molar-refractivity contribution in [1.29, 1.82) is 0 Å². The van der Waals surface area contributed by atoms with Crippen LogP contribution in [0.5, 0.6) is 0 Å². The molecule has 0 aromatic heterocycles. The molecule has 1 unspecified atom stereocenters. The number of aliphatic hydroxyl groups is 1. The Morgan fingerprint density at radius 2 is 1.25 bits per heavy atom. The fourth-order valence-corrected chi connectivity index (χ4v) is 2.96. The predicted molar refractivity (Wildman–Crippen MR) is 102 cm³/mol. The molecule has 0 bridgehead atoms. The predicted octanol–water partition coefficient (Wildman–Crippen LogP) is 6.25. The minimum absolute atomic E-state index is 0.150. The summed E-state index contributed by atoms with van der Waals surface area (Å²) in [5, 5.41) is 18.3. The molecule has 0 aromatic rings. The smallest absolute Gasteiger partial charge is 0.303 e. The molecule has 24 heavy (non-hydrogen) atoms. The fraction of sp³-hybridized carbons (Fsp3) is 0.857. The summed E-state index contributed by atoms with van der Waals surface area (Å²) >= 11 is 0. The first-order valence-electron chi connectivity index (χ1n) is 10.2. The number of carboxylic acids is 1. The van der Waals surface area contributed by atoms with Gasteiger partial charge in [0, 0.05) is 6.42 Å². The van der Waals surface area contributed by atoms with E-state index < -0.39 is 5.97 Å². The molecule has 0 saturated heterocycles. The van der Waals surface area contributed by atoms with Gasteiger partial charge in [-0.25, -0.2) is 0 Å². The van der Waals surface area contributed by atoms with Gasteiger partial charge in [-0.3, -0.25) is 4.79 Å². The molecule has 0 rings (SSSR count). The van der Waals surface area contributed by atoms with Gasteiger partial charge in [-0.15, -0.1) is 0 Å². The fourth-order valence-electron chi connectivity index (χ4n) is 2.96. The van der Waals surface area contributed by atoms with Crippen molar-refractivity contribution in [3.05, 3.63) is 12.2 Å². The van der Waals surface area contributed by atoms with Crippen molar-refractivity contribution in [1.82, 2.24) is 0 Å². The van der Waals surface area contributed by atoms with Crippen molar-refractivity contribution in [2.75, 3.05) is 0 Å². The molecule has 0 aromatic carbocycles. The minimum Gasteiger partial charge on any atom is -0.481 e. The van der Waals surface area contributed by atoms with E-state index in [0.717, 1.165) is 38.5 Å². The van der Waals surface area contributed by atoms with Crippen molar-refractivity contribution in [2.45, 2.75) is 116 Å². The van der Waals surface area contributed by atoms with Crippen LogP contribution in [0.3, 0.4) is 0 Å². The maximum Gasteiger partial charge on any atom is 0.303 e. The van der Waals surface area contributed by atoms with E-state index in [1.54, 1.807) is 0 Å². The molecule has 0 aliphatic heterocycles. The standard InChI is InChI=1S/C21H40O3/c1-2-3-14-17-20(22)18-15-12-10-8-6-4-5-7-9-11-13-16-19-21(23)24/h3,14,20,22H,2,4-13,15-19H2,1H3,(H,23,24). The molecule has 3 nitrogen and oxygen atoms in total. The van der Waals surface area contributed by atoms with Gasteiger partial charge in [0.05, 0.1) is 6.10 Å². The number of unbranched alkanes of at least 4 members (excludes halogenated alkanes) is 11. The summed E-state index contributed by atoms with van der Waals surface area (Å²) in [5.41, 5.74) is 0. The van der Waals surface area contributed by atoms with Crippen LogP contribution in [0.15, 0.2) is 12.2 Å². The van der Waals surface area contributed by atoms with E-state index in [0.29, 0.717) is 6.42 Å². The maximum atomic E-state index is 10.4. The topological polar surface area (TPSA) is 57.5 Å². The third kappa shape index (κ3) is 19.2. The second-order valence-corrected chi connectivity index (χ2v) is 6.94. The van der Waals surface area contributed by atoms with Crippen molar-refractivity contribution in [2.24, 2.45) is 0 Å². The van der Waals surface area contributed by atoms with Gasteiger partial charge in [-0.2, -0.15) is 0 Å². The Balaban J connectivity index is 3.12. The average molecular weight is 341 g/mol. The first-order valence-corrected chi connectivity index (χ1v) is 10.2. The van der Waals surface area contributed by atoms with Crippen LogP contribution in [0.2, 0.25) is 0 Å². The van der Waals surface area contributed by atoms with E-state index in [2.05, 4.69) is 19.1 Å². The lowest BCUT2D eigenvalue weighted by molar-refractivity contribution is -0.137. The number of aliphatic carboxylic acids is 1. The number of hydrogen-bond donors (Lipinski definition) is 2. The van der Waals surface area contributed by atoms with E-state index >= 15 is 0 Å². The van der Waals surface area contributed by atoms with Gasteiger partial charge in [0.2, 0.25) is 0 Å². The zero-order chi connectivity index (χ0) is 17.9. The monoisotopic (exact) mass is 340 g/mol. The van der Waals surface area contributed by atoms with Crippen LogP contribution in [0.25, 0.3) is 0 Å². The van der Waals surface area contributed by atoms with E-state index in [1.807, 2.05) is 0 Å². The van der Waals surface area contributed by atoms with Gasteiger partial charge in [0.25, 0.3) is 0 Å². The van der Waals surface area contributed by atoms with Crippen LogP contribution in [-0.2, 0) is 4.79 Å². The Kier molecular flexibility index (Phi) is 17.9. The second kappa shape index (κ2) is 18.5. The highest BCUT2D eigenvalue weighted by Crippen LogP contribution is 2.14. The summed E-state index contributed by atoms with van der Waals surface area (Å²) in [6.07, 6.45) is 21.8. The van der Waals surface area contributed by atoms with Gasteiger partial charge in [0.1, 0.15) is 0 Å². The third-order valence-corrected chi connectivity index (χ3v) is 4.49. The van der Waals surface area contributed by atoms with Crippen LogP contribution in [0.4, 0.5) is 0 Å². The summed E-state index contributed by atoms with van der Waals surface area (Å²) in [6, 6.07) is 0. The first kappa shape index (κ1) is 23.2. The molecule has 0 aliphatic rings. The third-order valence-electron chi connectivity index (χ3n) is 4.49. The molecule has 0 spiro atoms. The zero-order valence-electron chi connectivity index (χ0n) is 15.8. The van der Waals surface area contributed by atoms with E-state index in [9.17, 15) is 9.90 Å². The summed E-state index contributed by atoms with van der Waals surface area (Å²) in [5.74, 6) is -0.669. The lowest BCUT2D eigenvalue weighted by Crippen LogP contribution is -2.04. The first-order chi connectivity index (χ1) is 11.7. The molecule has 0 aliphatic carbocycles. The molecule has 3 heteroatoms. The Labute approximate surface area is 149 Å². The highest BCUT2D eigenvalue weighted by Gasteiger charge is 2.01. The van der Waals surface area contributed by atoms with Crippen LogP contribution >= 0.6 is 0 Å². The van der Waals surface area contributed by atoms with Crippen LogP contribution < -0.4 is 0 Å². The summed E-state index contributed by atoms with van der Waals surface area (Å²) < 4.78 is 0. The number of allylic oxidation sites excluding steroid dienone is 1. The SMILES string of the molecule is CCC=CCC(O)CCCCCCCCCCCCCCC(=O)O. The minimum atomic E-state index is -0.669. The number of rotatable bonds is 18. The molecule has 1 atom stereocenters. The second-order valence-electron chi connectivity index (χ2n) is 6.94. The highest BCUT2D eigenvalue weighted by atomic mass is 16.4. The van der Waals surface area contributed by atoms with Gasteiger partial charge < -0.3 is 10.2 Å². The van der Waals surface area contributed by atoms with Crippen molar-refractivity contribution in [3.63, 3.8) is 0 Å². The lowest BCUT2D eigenvalue weighted by Gasteiger charge is -2.07. The molecule has 2 N–H and O–H groups in total. The quantitative estimate of drug-likeness (QED) is 0.229. The van der Waals surface area contributed by atoms with E-state index in [1.165, 1.54) is 57.8 Å². The normalized spacial score (nSPS) is 12.8. The van der Waals surface area contributed by atoms with Gasteiger partial charge in [0.15, 0.2) is 0 Å². The Morgan fingerprint density at radius 3 is 1.71 bits per heavy atom. The van der Waals surface area contributed by atoms with Crippen molar-refractivity contribution >= 4 is 5.97 Å². The van der Waals surface area contributed by atoms with Crippen LogP contribution in [0, 0.1) is 0 Å². The molecule has 0 saturated carbocycles. The number of carboxylic acid groups (broad SMARTS) is 1.